The van der Waals surface area contributed by atoms with Gasteiger partial charge in [0.1, 0.15) is 0 Å². The summed E-state index contributed by atoms with van der Waals surface area (Å²) in [5.41, 5.74) is 0. The summed E-state index contributed by atoms with van der Waals surface area (Å²) >= 11 is 0. The molecule has 17 heavy (non-hydrogen) atoms. The lowest BCUT2D eigenvalue weighted by molar-refractivity contribution is 0.128. The summed E-state index contributed by atoms with van der Waals surface area (Å²) in [6, 6.07) is 1.19. The third kappa shape index (κ3) is 5.06. The van der Waals surface area contributed by atoms with Gasteiger partial charge in [-0.05, 0) is 19.3 Å². The van der Waals surface area contributed by atoms with E-state index in [1.54, 1.807) is 6.26 Å². The van der Waals surface area contributed by atoms with E-state index >= 15 is 0 Å². The predicted molar refractivity (Wildman–Crippen MR) is 75.8 cm³/mol. The highest BCUT2D eigenvalue weighted by molar-refractivity contribution is 7.84. The molecule has 1 fully saturated rings. The largest absolute Gasteiger partial charge is 0.311 e. The molecule has 1 aliphatic rings. The van der Waals surface area contributed by atoms with Crippen molar-refractivity contribution >= 4 is 10.8 Å². The lowest BCUT2D eigenvalue weighted by Gasteiger charge is -2.39. The molecule has 0 bridgehead atoms. The first kappa shape index (κ1) is 15.1. The van der Waals surface area contributed by atoms with Crippen LogP contribution < -0.4 is 5.32 Å². The Morgan fingerprint density at radius 3 is 2.76 bits per heavy atom. The van der Waals surface area contributed by atoms with Gasteiger partial charge in [-0.3, -0.25) is 9.11 Å². The fourth-order valence-electron chi connectivity index (χ4n) is 2.39. The second kappa shape index (κ2) is 7.49. The van der Waals surface area contributed by atoms with Crippen molar-refractivity contribution in [2.24, 2.45) is 5.92 Å². The normalized spacial score (nSPS) is 27.6. The zero-order valence-corrected chi connectivity index (χ0v) is 12.6. The molecule has 0 aliphatic carbocycles. The third-order valence-electron chi connectivity index (χ3n) is 4.01. The molecule has 4 heteroatoms. The summed E-state index contributed by atoms with van der Waals surface area (Å²) in [6.45, 7) is 10.2. The molecule has 1 N–H and O–H groups in total. The standard InChI is InChI=1S/C13H28N2OS/c1-5-11(2)13-10-15(8-7-14-13)12(3)6-9-17(4)16/h11-14H,5-10H2,1-4H3. The summed E-state index contributed by atoms with van der Waals surface area (Å²) in [4.78, 5) is 2.56. The van der Waals surface area contributed by atoms with E-state index in [9.17, 15) is 4.21 Å². The smallest absolute Gasteiger partial charge is 0.0246 e. The van der Waals surface area contributed by atoms with Crippen LogP contribution in [0.2, 0.25) is 0 Å². The molecule has 3 nitrogen and oxygen atoms in total. The zero-order valence-electron chi connectivity index (χ0n) is 11.7. The molecule has 1 heterocycles. The maximum Gasteiger partial charge on any atom is 0.0246 e. The van der Waals surface area contributed by atoms with Crippen molar-refractivity contribution in [3.63, 3.8) is 0 Å². The van der Waals surface area contributed by atoms with E-state index in [1.165, 1.54) is 6.42 Å². The molecule has 4 unspecified atom stereocenters. The van der Waals surface area contributed by atoms with E-state index in [2.05, 4.69) is 31.0 Å². The molecular formula is C13H28N2OS. The quantitative estimate of drug-likeness (QED) is 0.785. The van der Waals surface area contributed by atoms with Gasteiger partial charge in [0.15, 0.2) is 0 Å². The van der Waals surface area contributed by atoms with Crippen LogP contribution in [0.5, 0.6) is 0 Å². The SMILES string of the molecule is CCC(C)C1CN(C(C)CCS(C)=O)CCN1. The van der Waals surface area contributed by atoms with Crippen LogP contribution in [-0.4, -0.2) is 52.8 Å². The molecule has 0 spiro atoms. The third-order valence-corrected chi connectivity index (χ3v) is 4.82. The van der Waals surface area contributed by atoms with Gasteiger partial charge in [0, 0.05) is 54.5 Å². The van der Waals surface area contributed by atoms with Gasteiger partial charge in [0.2, 0.25) is 0 Å². The van der Waals surface area contributed by atoms with Gasteiger partial charge >= 0.3 is 0 Å². The van der Waals surface area contributed by atoms with E-state index < -0.39 is 10.8 Å². The average molecular weight is 260 g/mol. The second-order valence-corrected chi connectivity index (χ2v) is 6.91. The summed E-state index contributed by atoms with van der Waals surface area (Å²) in [7, 11) is -0.652. The number of piperazine rings is 1. The first-order chi connectivity index (χ1) is 8.04. The molecule has 1 aliphatic heterocycles. The van der Waals surface area contributed by atoms with Gasteiger partial charge in [-0.15, -0.1) is 0 Å². The van der Waals surface area contributed by atoms with Gasteiger partial charge in [-0.1, -0.05) is 20.3 Å². The van der Waals surface area contributed by atoms with E-state index in [0.29, 0.717) is 12.1 Å². The van der Waals surface area contributed by atoms with Crippen LogP contribution in [0.1, 0.15) is 33.6 Å². The summed E-state index contributed by atoms with van der Waals surface area (Å²) in [5.74, 6) is 1.57. The monoisotopic (exact) mass is 260 g/mol. The minimum Gasteiger partial charge on any atom is -0.311 e. The molecular weight excluding hydrogens is 232 g/mol. The van der Waals surface area contributed by atoms with Crippen LogP contribution in [0.3, 0.4) is 0 Å². The maximum absolute atomic E-state index is 11.1. The highest BCUT2D eigenvalue weighted by Crippen LogP contribution is 2.15. The Labute approximate surface area is 109 Å². The van der Waals surface area contributed by atoms with E-state index in [0.717, 1.165) is 37.7 Å². The average Bonchev–Trinajstić information content (AvgIpc) is 2.35. The number of hydrogen-bond donors (Lipinski definition) is 1. The Kier molecular flexibility index (Phi) is 6.67. The van der Waals surface area contributed by atoms with Crippen LogP contribution >= 0.6 is 0 Å². The molecule has 0 aromatic heterocycles. The van der Waals surface area contributed by atoms with Gasteiger partial charge in [-0.2, -0.15) is 0 Å². The van der Waals surface area contributed by atoms with E-state index in [1.807, 2.05) is 0 Å². The van der Waals surface area contributed by atoms with Crippen LogP contribution in [0.15, 0.2) is 0 Å². The number of nitrogens with zero attached hydrogens (tertiary/aromatic N) is 1. The van der Waals surface area contributed by atoms with E-state index in [-0.39, 0.29) is 0 Å². The van der Waals surface area contributed by atoms with Gasteiger partial charge < -0.3 is 5.32 Å². The Bertz CT molecular complexity index is 248. The summed E-state index contributed by atoms with van der Waals surface area (Å²) in [6.07, 6.45) is 4.08. The maximum atomic E-state index is 11.1. The molecule has 0 aromatic carbocycles. The van der Waals surface area contributed by atoms with Crippen molar-refractivity contribution in [2.75, 3.05) is 31.6 Å². The van der Waals surface area contributed by atoms with Crippen LogP contribution in [0, 0.1) is 5.92 Å². The highest BCUT2D eigenvalue weighted by atomic mass is 32.2. The first-order valence-corrected chi connectivity index (χ1v) is 8.54. The van der Waals surface area contributed by atoms with Crippen molar-refractivity contribution in [1.29, 1.82) is 0 Å². The van der Waals surface area contributed by atoms with Gasteiger partial charge in [-0.25, -0.2) is 0 Å². The molecule has 0 amide bonds. The molecule has 1 rings (SSSR count). The summed E-state index contributed by atoms with van der Waals surface area (Å²) < 4.78 is 11.1. The van der Waals surface area contributed by atoms with Crippen LogP contribution in [-0.2, 0) is 10.8 Å². The minimum atomic E-state index is -0.652. The van der Waals surface area contributed by atoms with Crippen molar-refractivity contribution in [3.05, 3.63) is 0 Å². The lowest BCUT2D eigenvalue weighted by Crippen LogP contribution is -2.55. The van der Waals surface area contributed by atoms with Crippen molar-refractivity contribution in [3.8, 4) is 0 Å². The van der Waals surface area contributed by atoms with Crippen molar-refractivity contribution in [1.82, 2.24) is 10.2 Å². The fraction of sp³-hybridized carbons (Fsp3) is 1.00. The fourth-order valence-corrected chi connectivity index (χ4v) is 3.06. The lowest BCUT2D eigenvalue weighted by atomic mass is 9.96. The molecule has 102 valence electrons. The van der Waals surface area contributed by atoms with E-state index in [4.69, 9.17) is 0 Å². The Morgan fingerprint density at radius 2 is 2.18 bits per heavy atom. The number of nitrogens with one attached hydrogen (secondary N) is 1. The Hall–Kier alpha value is 0.0700. The molecule has 0 radical (unpaired) electrons. The Balaban J connectivity index is 2.40. The Morgan fingerprint density at radius 1 is 1.47 bits per heavy atom. The number of hydrogen-bond acceptors (Lipinski definition) is 3. The number of rotatable bonds is 6. The molecule has 0 aromatic rings. The topological polar surface area (TPSA) is 32.3 Å². The predicted octanol–water partition coefficient (Wildman–Crippen LogP) is 1.46. The van der Waals surface area contributed by atoms with Crippen molar-refractivity contribution < 1.29 is 4.21 Å². The summed E-state index contributed by atoms with van der Waals surface area (Å²) in [5, 5.41) is 3.62. The van der Waals surface area contributed by atoms with Crippen molar-refractivity contribution in [2.45, 2.75) is 45.7 Å². The van der Waals surface area contributed by atoms with Gasteiger partial charge in [0.05, 0.1) is 0 Å². The zero-order chi connectivity index (χ0) is 12.8. The highest BCUT2D eigenvalue weighted by Gasteiger charge is 2.25. The molecule has 4 atom stereocenters. The second-order valence-electron chi connectivity index (χ2n) is 5.36. The van der Waals surface area contributed by atoms with Gasteiger partial charge in [0.25, 0.3) is 0 Å². The van der Waals surface area contributed by atoms with Crippen LogP contribution in [0.25, 0.3) is 0 Å². The minimum absolute atomic E-state index is 0.563. The van der Waals surface area contributed by atoms with Crippen LogP contribution in [0.4, 0.5) is 0 Å². The molecule has 0 saturated carbocycles. The first-order valence-electron chi connectivity index (χ1n) is 6.82. The molecule has 1 saturated heterocycles.